The summed E-state index contributed by atoms with van der Waals surface area (Å²) in [7, 11) is 0. The highest BCUT2D eigenvalue weighted by atomic mass is 79.9. The molecule has 1 aromatic rings. The number of halogens is 1. The first-order chi connectivity index (χ1) is 9.16. The lowest BCUT2D eigenvalue weighted by Gasteiger charge is -2.26. The molecule has 1 aliphatic rings. The Morgan fingerprint density at radius 2 is 2.16 bits per heavy atom. The Morgan fingerprint density at radius 1 is 1.42 bits per heavy atom. The maximum Gasteiger partial charge on any atom is 0.251 e. The van der Waals surface area contributed by atoms with E-state index in [0.29, 0.717) is 6.54 Å². The molecule has 2 rings (SSSR count). The molecule has 0 aromatic heterocycles. The van der Waals surface area contributed by atoms with Gasteiger partial charge < -0.3 is 10.1 Å². The molecule has 5 heteroatoms. The van der Waals surface area contributed by atoms with Crippen LogP contribution in [0.25, 0.3) is 0 Å². The fourth-order valence-corrected chi connectivity index (χ4v) is 2.45. The minimum Gasteiger partial charge on any atom is -0.379 e. The highest BCUT2D eigenvalue weighted by Gasteiger charge is 2.12. The van der Waals surface area contributed by atoms with Crippen LogP contribution in [0.1, 0.15) is 15.9 Å². The van der Waals surface area contributed by atoms with Crippen molar-refractivity contribution in [2.45, 2.75) is 6.92 Å². The van der Waals surface area contributed by atoms with E-state index in [1.165, 1.54) is 0 Å². The maximum absolute atomic E-state index is 12.1. The molecule has 0 aliphatic carbocycles. The maximum atomic E-state index is 12.1. The van der Waals surface area contributed by atoms with Crippen LogP contribution in [0.3, 0.4) is 0 Å². The van der Waals surface area contributed by atoms with Gasteiger partial charge in [0, 0.05) is 36.2 Å². The number of aryl methyl sites for hydroxylation is 1. The highest BCUT2D eigenvalue weighted by Crippen LogP contribution is 2.15. The SMILES string of the molecule is Cc1ccc(Br)cc1C(=O)NCCN1CCOCC1. The van der Waals surface area contributed by atoms with E-state index in [1.54, 1.807) is 0 Å². The number of ether oxygens (including phenoxy) is 1. The number of hydrogen-bond acceptors (Lipinski definition) is 3. The first-order valence-electron chi connectivity index (χ1n) is 6.51. The zero-order valence-corrected chi connectivity index (χ0v) is 12.7. The molecule has 1 heterocycles. The van der Waals surface area contributed by atoms with Crippen LogP contribution in [0.15, 0.2) is 22.7 Å². The molecule has 19 heavy (non-hydrogen) atoms. The molecule has 104 valence electrons. The minimum atomic E-state index is -0.00735. The average molecular weight is 327 g/mol. The van der Waals surface area contributed by atoms with E-state index >= 15 is 0 Å². The van der Waals surface area contributed by atoms with Crippen LogP contribution in [0.2, 0.25) is 0 Å². The molecule has 1 N–H and O–H groups in total. The smallest absolute Gasteiger partial charge is 0.251 e. The predicted molar refractivity (Wildman–Crippen MR) is 78.5 cm³/mol. The molecule has 1 amide bonds. The number of nitrogens with one attached hydrogen (secondary N) is 1. The average Bonchev–Trinajstić information content (AvgIpc) is 2.42. The van der Waals surface area contributed by atoms with Gasteiger partial charge in [0.2, 0.25) is 0 Å². The first kappa shape index (κ1) is 14.5. The van der Waals surface area contributed by atoms with Crippen molar-refractivity contribution in [1.82, 2.24) is 10.2 Å². The van der Waals surface area contributed by atoms with Crippen molar-refractivity contribution in [3.63, 3.8) is 0 Å². The number of morpholine rings is 1. The zero-order chi connectivity index (χ0) is 13.7. The third-order valence-corrected chi connectivity index (χ3v) is 3.75. The van der Waals surface area contributed by atoms with Gasteiger partial charge >= 0.3 is 0 Å². The molecular weight excluding hydrogens is 308 g/mol. The molecule has 0 bridgehead atoms. The molecule has 1 saturated heterocycles. The van der Waals surface area contributed by atoms with Crippen molar-refractivity contribution in [2.24, 2.45) is 0 Å². The van der Waals surface area contributed by atoms with Crippen LogP contribution >= 0.6 is 15.9 Å². The molecule has 0 unspecified atom stereocenters. The van der Waals surface area contributed by atoms with E-state index in [-0.39, 0.29) is 5.91 Å². The van der Waals surface area contributed by atoms with E-state index in [9.17, 15) is 4.79 Å². The Hall–Kier alpha value is -0.910. The summed E-state index contributed by atoms with van der Waals surface area (Å²) in [6.45, 7) is 6.98. The van der Waals surface area contributed by atoms with Gasteiger partial charge in [-0.15, -0.1) is 0 Å². The predicted octanol–water partition coefficient (Wildman–Crippen LogP) is 1.82. The molecule has 1 aromatic carbocycles. The summed E-state index contributed by atoms with van der Waals surface area (Å²) in [5.74, 6) is -0.00735. The molecule has 0 radical (unpaired) electrons. The summed E-state index contributed by atoms with van der Waals surface area (Å²) < 4.78 is 6.22. The molecule has 0 saturated carbocycles. The van der Waals surface area contributed by atoms with Gasteiger partial charge in [0.05, 0.1) is 13.2 Å². The molecule has 1 fully saturated rings. The van der Waals surface area contributed by atoms with Gasteiger partial charge in [0.15, 0.2) is 0 Å². The van der Waals surface area contributed by atoms with Crippen molar-refractivity contribution < 1.29 is 9.53 Å². The number of amides is 1. The Labute approximate surface area is 122 Å². The first-order valence-corrected chi connectivity index (χ1v) is 7.30. The molecule has 4 nitrogen and oxygen atoms in total. The van der Waals surface area contributed by atoms with Crippen molar-refractivity contribution in [3.8, 4) is 0 Å². The molecule has 0 spiro atoms. The lowest BCUT2D eigenvalue weighted by Crippen LogP contribution is -2.41. The monoisotopic (exact) mass is 326 g/mol. The Balaban J connectivity index is 1.82. The lowest BCUT2D eigenvalue weighted by atomic mass is 10.1. The summed E-state index contributed by atoms with van der Waals surface area (Å²) in [4.78, 5) is 14.4. The summed E-state index contributed by atoms with van der Waals surface area (Å²) >= 11 is 3.39. The normalized spacial score (nSPS) is 16.3. The molecular formula is C14H19BrN2O2. The highest BCUT2D eigenvalue weighted by molar-refractivity contribution is 9.10. The van der Waals surface area contributed by atoms with E-state index < -0.39 is 0 Å². The molecule has 0 atom stereocenters. The van der Waals surface area contributed by atoms with Crippen LogP contribution in [0.5, 0.6) is 0 Å². The number of nitrogens with zero attached hydrogens (tertiary/aromatic N) is 1. The van der Waals surface area contributed by atoms with Crippen molar-refractivity contribution >= 4 is 21.8 Å². The van der Waals surface area contributed by atoms with E-state index in [1.807, 2.05) is 25.1 Å². The van der Waals surface area contributed by atoms with Crippen LogP contribution in [-0.4, -0.2) is 50.2 Å². The van der Waals surface area contributed by atoms with Crippen LogP contribution in [-0.2, 0) is 4.74 Å². The number of benzene rings is 1. The van der Waals surface area contributed by atoms with Crippen molar-refractivity contribution in [1.29, 1.82) is 0 Å². The van der Waals surface area contributed by atoms with Gasteiger partial charge in [-0.3, -0.25) is 9.69 Å². The van der Waals surface area contributed by atoms with Gasteiger partial charge in [0.1, 0.15) is 0 Å². The Bertz CT molecular complexity index is 445. The fraction of sp³-hybridized carbons (Fsp3) is 0.500. The van der Waals surface area contributed by atoms with Crippen LogP contribution in [0.4, 0.5) is 0 Å². The van der Waals surface area contributed by atoms with Crippen molar-refractivity contribution in [2.75, 3.05) is 39.4 Å². The topological polar surface area (TPSA) is 41.6 Å². The van der Waals surface area contributed by atoms with Gasteiger partial charge in [0.25, 0.3) is 5.91 Å². The lowest BCUT2D eigenvalue weighted by molar-refractivity contribution is 0.0383. The van der Waals surface area contributed by atoms with Crippen molar-refractivity contribution in [3.05, 3.63) is 33.8 Å². The van der Waals surface area contributed by atoms with Gasteiger partial charge in [-0.25, -0.2) is 0 Å². The summed E-state index contributed by atoms with van der Waals surface area (Å²) in [5.41, 5.74) is 1.73. The van der Waals surface area contributed by atoms with E-state index in [2.05, 4.69) is 26.1 Å². The van der Waals surface area contributed by atoms with E-state index in [4.69, 9.17) is 4.74 Å². The second kappa shape index (κ2) is 7.03. The number of hydrogen-bond donors (Lipinski definition) is 1. The summed E-state index contributed by atoms with van der Waals surface area (Å²) in [6.07, 6.45) is 0. The Morgan fingerprint density at radius 3 is 2.89 bits per heavy atom. The zero-order valence-electron chi connectivity index (χ0n) is 11.1. The van der Waals surface area contributed by atoms with Gasteiger partial charge in [-0.1, -0.05) is 22.0 Å². The minimum absolute atomic E-state index is 0.00735. The van der Waals surface area contributed by atoms with Crippen LogP contribution in [0, 0.1) is 6.92 Å². The number of rotatable bonds is 4. The second-order valence-electron chi connectivity index (χ2n) is 4.67. The largest absolute Gasteiger partial charge is 0.379 e. The quantitative estimate of drug-likeness (QED) is 0.917. The number of carbonyl (C=O) groups excluding carboxylic acids is 1. The summed E-state index contributed by atoms with van der Waals surface area (Å²) in [5, 5.41) is 2.97. The third kappa shape index (κ3) is 4.30. The molecule has 1 aliphatic heterocycles. The standard InChI is InChI=1S/C14H19BrN2O2/c1-11-2-3-12(15)10-13(11)14(18)16-4-5-17-6-8-19-9-7-17/h2-3,10H,4-9H2,1H3,(H,16,18). The fourth-order valence-electron chi connectivity index (χ4n) is 2.09. The second-order valence-corrected chi connectivity index (χ2v) is 5.58. The summed E-state index contributed by atoms with van der Waals surface area (Å²) in [6, 6.07) is 5.75. The Kier molecular flexibility index (Phi) is 5.36. The van der Waals surface area contributed by atoms with Gasteiger partial charge in [-0.2, -0.15) is 0 Å². The van der Waals surface area contributed by atoms with Gasteiger partial charge in [-0.05, 0) is 24.6 Å². The van der Waals surface area contributed by atoms with E-state index in [0.717, 1.165) is 48.4 Å². The van der Waals surface area contributed by atoms with Crippen LogP contribution < -0.4 is 5.32 Å². The number of carbonyl (C=O) groups is 1. The third-order valence-electron chi connectivity index (χ3n) is 3.26.